The molecule has 1 aliphatic rings. The first-order chi connectivity index (χ1) is 9.22. The van der Waals surface area contributed by atoms with Crippen molar-refractivity contribution in [2.45, 2.75) is 33.1 Å². The molecule has 0 bridgehead atoms. The third kappa shape index (κ3) is 4.35. The van der Waals surface area contributed by atoms with Crippen molar-refractivity contribution in [1.29, 1.82) is 0 Å². The third-order valence-electron chi connectivity index (χ3n) is 3.44. The van der Waals surface area contributed by atoms with Gasteiger partial charge in [0.2, 0.25) is 11.8 Å². The molecule has 2 rings (SSSR count). The number of ether oxygens (including phenoxy) is 1. The second kappa shape index (κ2) is 6.70. The minimum atomic E-state index is 0.280. The molecule has 0 radical (unpaired) electrons. The van der Waals surface area contributed by atoms with Crippen LogP contribution in [0.15, 0.2) is 12.3 Å². The summed E-state index contributed by atoms with van der Waals surface area (Å²) in [5, 5.41) is 6.77. The molecule has 0 aromatic carbocycles. The second-order valence-corrected chi connectivity index (χ2v) is 5.51. The van der Waals surface area contributed by atoms with Crippen molar-refractivity contribution in [3.8, 4) is 5.88 Å². The van der Waals surface area contributed by atoms with E-state index in [9.17, 15) is 0 Å². The molecule has 2 heterocycles. The molecule has 1 aromatic rings. The zero-order chi connectivity index (χ0) is 13.6. The van der Waals surface area contributed by atoms with E-state index in [-0.39, 0.29) is 5.41 Å². The van der Waals surface area contributed by atoms with E-state index in [2.05, 4.69) is 34.4 Å². The van der Waals surface area contributed by atoms with Crippen LogP contribution in [0.5, 0.6) is 5.88 Å². The van der Waals surface area contributed by atoms with Gasteiger partial charge in [0.15, 0.2) is 0 Å². The highest BCUT2D eigenvalue weighted by Gasteiger charge is 2.26. The zero-order valence-electron chi connectivity index (χ0n) is 11.9. The summed E-state index contributed by atoms with van der Waals surface area (Å²) < 4.78 is 5.51. The zero-order valence-corrected chi connectivity index (χ0v) is 11.9. The minimum absolute atomic E-state index is 0.280. The molecule has 2 N–H and O–H groups in total. The number of anilines is 1. The van der Waals surface area contributed by atoms with Gasteiger partial charge in [-0.25, -0.2) is 4.98 Å². The summed E-state index contributed by atoms with van der Waals surface area (Å²) in [4.78, 5) is 8.60. The topological polar surface area (TPSA) is 59.1 Å². The summed E-state index contributed by atoms with van der Waals surface area (Å²) in [5.41, 5.74) is 0.280. The molecule has 1 unspecified atom stereocenters. The molecule has 1 fully saturated rings. The van der Waals surface area contributed by atoms with Crippen LogP contribution in [0.1, 0.15) is 33.1 Å². The van der Waals surface area contributed by atoms with Crippen LogP contribution in [0.25, 0.3) is 0 Å². The van der Waals surface area contributed by atoms with Crippen molar-refractivity contribution >= 4 is 5.95 Å². The Kier molecular flexibility index (Phi) is 4.96. The van der Waals surface area contributed by atoms with Crippen molar-refractivity contribution in [3.63, 3.8) is 0 Å². The Bertz CT molecular complexity index is 391. The molecule has 106 valence electrons. The molecule has 19 heavy (non-hydrogen) atoms. The molecular formula is C14H24N4O. The van der Waals surface area contributed by atoms with Gasteiger partial charge in [-0.05, 0) is 31.2 Å². The second-order valence-electron chi connectivity index (χ2n) is 5.51. The van der Waals surface area contributed by atoms with E-state index >= 15 is 0 Å². The van der Waals surface area contributed by atoms with Gasteiger partial charge < -0.3 is 15.4 Å². The van der Waals surface area contributed by atoms with Crippen LogP contribution >= 0.6 is 0 Å². The quantitative estimate of drug-likeness (QED) is 0.823. The molecule has 5 nitrogen and oxygen atoms in total. The Balaban J connectivity index is 1.88. The highest BCUT2D eigenvalue weighted by Crippen LogP contribution is 2.25. The molecule has 1 saturated heterocycles. The fraction of sp³-hybridized carbons (Fsp3) is 0.714. The van der Waals surface area contributed by atoms with Gasteiger partial charge in [-0.2, -0.15) is 4.98 Å². The molecule has 5 heteroatoms. The van der Waals surface area contributed by atoms with Crippen LogP contribution in [0.2, 0.25) is 0 Å². The van der Waals surface area contributed by atoms with Gasteiger partial charge >= 0.3 is 0 Å². The number of rotatable bonds is 6. The van der Waals surface area contributed by atoms with Gasteiger partial charge in [-0.1, -0.05) is 13.8 Å². The summed E-state index contributed by atoms with van der Waals surface area (Å²) in [6.45, 7) is 8.13. The predicted octanol–water partition coefficient (Wildman–Crippen LogP) is 2.07. The number of piperidine rings is 1. The summed E-state index contributed by atoms with van der Waals surface area (Å²) >= 11 is 0. The first kappa shape index (κ1) is 14.1. The number of nitrogens with one attached hydrogen (secondary N) is 2. The van der Waals surface area contributed by atoms with Crippen LogP contribution < -0.4 is 15.4 Å². The molecule has 1 aliphatic heterocycles. The average Bonchev–Trinajstić information content (AvgIpc) is 2.44. The van der Waals surface area contributed by atoms with E-state index in [1.165, 1.54) is 12.8 Å². The lowest BCUT2D eigenvalue weighted by Crippen LogP contribution is -2.42. The molecule has 0 spiro atoms. The smallest absolute Gasteiger partial charge is 0.225 e. The molecule has 1 atom stereocenters. The van der Waals surface area contributed by atoms with Crippen molar-refractivity contribution in [2.75, 3.05) is 31.6 Å². The van der Waals surface area contributed by atoms with Crippen molar-refractivity contribution < 1.29 is 4.74 Å². The summed E-state index contributed by atoms with van der Waals surface area (Å²) in [5.74, 6) is 1.30. The van der Waals surface area contributed by atoms with E-state index in [4.69, 9.17) is 4.74 Å². The van der Waals surface area contributed by atoms with E-state index in [0.29, 0.717) is 18.4 Å². The Morgan fingerprint density at radius 2 is 2.42 bits per heavy atom. The van der Waals surface area contributed by atoms with Gasteiger partial charge in [-0.15, -0.1) is 0 Å². The summed E-state index contributed by atoms with van der Waals surface area (Å²) in [6.07, 6.45) is 5.19. The molecule has 1 aromatic heterocycles. The molecule has 0 aliphatic carbocycles. The van der Waals surface area contributed by atoms with Gasteiger partial charge in [0.25, 0.3) is 0 Å². The van der Waals surface area contributed by atoms with E-state index in [1.807, 2.05) is 0 Å². The Hall–Kier alpha value is -1.36. The van der Waals surface area contributed by atoms with Crippen molar-refractivity contribution in [3.05, 3.63) is 12.3 Å². The SMILES string of the molecule is CCCOc1ccnc(NCC2(C)CCCNC2)n1. The number of hydrogen-bond donors (Lipinski definition) is 2. The third-order valence-corrected chi connectivity index (χ3v) is 3.44. The first-order valence-electron chi connectivity index (χ1n) is 7.12. The lowest BCUT2D eigenvalue weighted by atomic mass is 9.83. The Labute approximate surface area is 115 Å². The maximum atomic E-state index is 5.51. The lowest BCUT2D eigenvalue weighted by Gasteiger charge is -2.34. The standard InChI is InChI=1S/C14H24N4O/c1-3-9-19-12-5-8-16-13(18-12)17-11-14(2)6-4-7-15-10-14/h5,8,15H,3-4,6-7,9-11H2,1-2H3,(H,16,17,18). The fourth-order valence-corrected chi connectivity index (χ4v) is 2.28. The van der Waals surface area contributed by atoms with Gasteiger partial charge in [0.1, 0.15) is 0 Å². The Morgan fingerprint density at radius 3 is 3.16 bits per heavy atom. The Morgan fingerprint density at radius 1 is 1.53 bits per heavy atom. The molecule has 0 saturated carbocycles. The van der Waals surface area contributed by atoms with Crippen LogP contribution in [0.4, 0.5) is 5.95 Å². The summed E-state index contributed by atoms with van der Waals surface area (Å²) in [7, 11) is 0. The van der Waals surface area contributed by atoms with E-state index in [1.54, 1.807) is 12.3 Å². The maximum Gasteiger partial charge on any atom is 0.225 e. The van der Waals surface area contributed by atoms with Crippen LogP contribution in [0, 0.1) is 5.41 Å². The minimum Gasteiger partial charge on any atom is -0.478 e. The number of aromatic nitrogens is 2. The highest BCUT2D eigenvalue weighted by atomic mass is 16.5. The number of hydrogen-bond acceptors (Lipinski definition) is 5. The summed E-state index contributed by atoms with van der Waals surface area (Å²) in [6, 6.07) is 1.80. The normalized spacial score (nSPS) is 23.1. The van der Waals surface area contributed by atoms with Gasteiger partial charge in [0, 0.05) is 25.4 Å². The fourth-order valence-electron chi connectivity index (χ4n) is 2.28. The van der Waals surface area contributed by atoms with Crippen molar-refractivity contribution in [1.82, 2.24) is 15.3 Å². The van der Waals surface area contributed by atoms with E-state index < -0.39 is 0 Å². The van der Waals surface area contributed by atoms with Crippen LogP contribution in [0.3, 0.4) is 0 Å². The lowest BCUT2D eigenvalue weighted by molar-refractivity contribution is 0.253. The van der Waals surface area contributed by atoms with Crippen LogP contribution in [-0.2, 0) is 0 Å². The molecule has 0 amide bonds. The maximum absolute atomic E-state index is 5.51. The van der Waals surface area contributed by atoms with E-state index in [0.717, 1.165) is 26.1 Å². The monoisotopic (exact) mass is 264 g/mol. The number of nitrogens with zero attached hydrogens (tertiary/aromatic N) is 2. The largest absolute Gasteiger partial charge is 0.478 e. The van der Waals surface area contributed by atoms with Crippen molar-refractivity contribution in [2.24, 2.45) is 5.41 Å². The van der Waals surface area contributed by atoms with Gasteiger partial charge in [-0.3, -0.25) is 0 Å². The first-order valence-corrected chi connectivity index (χ1v) is 7.12. The predicted molar refractivity (Wildman–Crippen MR) is 76.5 cm³/mol. The van der Waals surface area contributed by atoms with Crippen LogP contribution in [-0.4, -0.2) is 36.2 Å². The molecular weight excluding hydrogens is 240 g/mol. The average molecular weight is 264 g/mol. The highest BCUT2D eigenvalue weighted by molar-refractivity contribution is 5.27. The van der Waals surface area contributed by atoms with Gasteiger partial charge in [0.05, 0.1) is 6.61 Å².